The van der Waals surface area contributed by atoms with Crippen molar-refractivity contribution in [2.24, 2.45) is 0 Å². The highest BCUT2D eigenvalue weighted by Crippen LogP contribution is 2.25. The van der Waals surface area contributed by atoms with Crippen molar-refractivity contribution < 1.29 is 24.2 Å². The number of hydrogen-bond acceptors (Lipinski definition) is 5. The summed E-state index contributed by atoms with van der Waals surface area (Å²) in [6, 6.07) is 24.6. The zero-order valence-electron chi connectivity index (χ0n) is 19.7. The molecule has 0 aromatic heterocycles. The SMILES string of the molecule is COC(=O)[C@H](Cc1ccc(OCCc2ccc(Cl)cc2)cc1)NC(=O)c1cc2ccccc2cc1O. The van der Waals surface area contributed by atoms with Crippen molar-refractivity contribution >= 4 is 34.2 Å². The Kier molecular flexibility index (Phi) is 8.08. The number of carbonyl (C=O) groups excluding carboxylic acids is 2. The van der Waals surface area contributed by atoms with Gasteiger partial charge >= 0.3 is 5.97 Å². The van der Waals surface area contributed by atoms with Gasteiger partial charge in [-0.25, -0.2) is 4.79 Å². The highest BCUT2D eigenvalue weighted by molar-refractivity contribution is 6.30. The highest BCUT2D eigenvalue weighted by atomic mass is 35.5. The number of benzene rings is 4. The molecule has 0 aliphatic heterocycles. The first-order valence-electron chi connectivity index (χ1n) is 11.5. The number of esters is 1. The van der Waals surface area contributed by atoms with Gasteiger partial charge in [0, 0.05) is 17.9 Å². The van der Waals surface area contributed by atoms with Crippen molar-refractivity contribution in [2.45, 2.75) is 18.9 Å². The Labute approximate surface area is 214 Å². The van der Waals surface area contributed by atoms with E-state index in [0.717, 1.165) is 28.3 Å². The molecule has 0 bridgehead atoms. The summed E-state index contributed by atoms with van der Waals surface area (Å²) in [5, 5.41) is 15.4. The first-order chi connectivity index (χ1) is 17.4. The minimum atomic E-state index is -0.926. The normalized spacial score (nSPS) is 11.6. The van der Waals surface area contributed by atoms with Gasteiger partial charge in [-0.15, -0.1) is 0 Å². The lowest BCUT2D eigenvalue weighted by Crippen LogP contribution is -2.43. The average molecular weight is 504 g/mol. The van der Waals surface area contributed by atoms with E-state index in [4.69, 9.17) is 21.1 Å². The standard InChI is InChI=1S/C29H26ClNO5/c1-35-29(34)26(31-28(33)25-17-21-4-2-3-5-22(21)18-27(25)32)16-20-8-12-24(13-9-20)36-15-14-19-6-10-23(30)11-7-19/h2-13,17-18,26,32H,14-16H2,1H3,(H,31,33)/t26-/m0/s1. The second-order valence-electron chi connectivity index (χ2n) is 8.34. The van der Waals surface area contributed by atoms with Crippen molar-refractivity contribution in [1.82, 2.24) is 5.32 Å². The molecule has 7 heteroatoms. The average Bonchev–Trinajstić information content (AvgIpc) is 2.89. The van der Waals surface area contributed by atoms with Crippen LogP contribution in [0.2, 0.25) is 5.02 Å². The van der Waals surface area contributed by atoms with Crippen LogP contribution in [0.5, 0.6) is 11.5 Å². The van der Waals surface area contributed by atoms with Gasteiger partial charge in [0.25, 0.3) is 5.91 Å². The van der Waals surface area contributed by atoms with Gasteiger partial charge < -0.3 is 19.9 Å². The van der Waals surface area contributed by atoms with Crippen molar-refractivity contribution in [1.29, 1.82) is 0 Å². The summed E-state index contributed by atoms with van der Waals surface area (Å²) in [4.78, 5) is 25.3. The Balaban J connectivity index is 1.39. The van der Waals surface area contributed by atoms with Gasteiger partial charge in [0.05, 0.1) is 19.3 Å². The fraction of sp³-hybridized carbons (Fsp3) is 0.172. The molecule has 1 atom stereocenters. The Morgan fingerprint density at radius 1 is 0.917 bits per heavy atom. The van der Waals surface area contributed by atoms with E-state index in [1.807, 2.05) is 72.8 Å². The molecular formula is C29H26ClNO5. The van der Waals surface area contributed by atoms with Gasteiger partial charge in [-0.3, -0.25) is 4.79 Å². The van der Waals surface area contributed by atoms with E-state index in [0.29, 0.717) is 17.4 Å². The molecule has 4 rings (SSSR count). The molecule has 0 saturated heterocycles. The van der Waals surface area contributed by atoms with Crippen LogP contribution < -0.4 is 10.1 Å². The van der Waals surface area contributed by atoms with E-state index in [2.05, 4.69) is 5.32 Å². The fourth-order valence-corrected chi connectivity index (χ4v) is 4.00. The summed E-state index contributed by atoms with van der Waals surface area (Å²) in [7, 11) is 1.27. The first kappa shape index (κ1) is 25.1. The van der Waals surface area contributed by atoms with E-state index < -0.39 is 17.9 Å². The fourth-order valence-electron chi connectivity index (χ4n) is 3.88. The Hall–Kier alpha value is -4.03. The number of fused-ring (bicyclic) bond motifs is 1. The van der Waals surface area contributed by atoms with Gasteiger partial charge in [-0.05, 0) is 58.3 Å². The number of rotatable bonds is 9. The molecule has 184 valence electrons. The smallest absolute Gasteiger partial charge is 0.328 e. The topological polar surface area (TPSA) is 84.9 Å². The molecule has 0 saturated carbocycles. The number of amides is 1. The van der Waals surface area contributed by atoms with E-state index >= 15 is 0 Å². The van der Waals surface area contributed by atoms with Crippen molar-refractivity contribution in [2.75, 3.05) is 13.7 Å². The number of hydrogen-bond donors (Lipinski definition) is 2. The number of nitrogens with one attached hydrogen (secondary N) is 1. The number of methoxy groups -OCH3 is 1. The highest BCUT2D eigenvalue weighted by Gasteiger charge is 2.24. The van der Waals surface area contributed by atoms with Gasteiger partial charge in [-0.1, -0.05) is 60.1 Å². The molecule has 6 nitrogen and oxygen atoms in total. The first-order valence-corrected chi connectivity index (χ1v) is 11.9. The maximum Gasteiger partial charge on any atom is 0.328 e. The lowest BCUT2D eigenvalue weighted by atomic mass is 10.0. The number of halogens is 1. The van der Waals surface area contributed by atoms with Crippen molar-refractivity contribution in [3.8, 4) is 11.5 Å². The van der Waals surface area contributed by atoms with Gasteiger partial charge in [0.15, 0.2) is 0 Å². The predicted octanol–water partition coefficient (Wildman–Crippen LogP) is 5.33. The third kappa shape index (κ3) is 6.34. The summed E-state index contributed by atoms with van der Waals surface area (Å²) in [5.74, 6) is -0.593. The van der Waals surface area contributed by atoms with Crippen LogP contribution >= 0.6 is 11.6 Å². The predicted molar refractivity (Wildman–Crippen MR) is 140 cm³/mol. The van der Waals surface area contributed by atoms with Crippen molar-refractivity contribution in [3.63, 3.8) is 0 Å². The molecule has 2 N–H and O–H groups in total. The number of aromatic hydroxyl groups is 1. The monoisotopic (exact) mass is 503 g/mol. The minimum absolute atomic E-state index is 0.0899. The number of ether oxygens (including phenoxy) is 2. The molecule has 4 aromatic carbocycles. The lowest BCUT2D eigenvalue weighted by Gasteiger charge is -2.17. The minimum Gasteiger partial charge on any atom is -0.507 e. The summed E-state index contributed by atoms with van der Waals surface area (Å²) in [6.45, 7) is 0.511. The van der Waals surface area contributed by atoms with Gasteiger partial charge in [0.2, 0.25) is 0 Å². The van der Waals surface area contributed by atoms with Crippen LogP contribution in [0.4, 0.5) is 0 Å². The Morgan fingerprint density at radius 2 is 1.56 bits per heavy atom. The molecule has 0 fully saturated rings. The maximum absolute atomic E-state index is 12.9. The van der Waals surface area contributed by atoms with Crippen LogP contribution in [0.1, 0.15) is 21.5 Å². The van der Waals surface area contributed by atoms with Crippen LogP contribution in [-0.2, 0) is 22.4 Å². The molecule has 0 heterocycles. The molecule has 0 aliphatic carbocycles. The van der Waals surface area contributed by atoms with Crippen molar-refractivity contribution in [3.05, 3.63) is 107 Å². The van der Waals surface area contributed by atoms with Gasteiger partial charge in [0.1, 0.15) is 17.5 Å². The molecule has 0 radical (unpaired) electrons. The second-order valence-corrected chi connectivity index (χ2v) is 8.78. The number of phenols is 1. The lowest BCUT2D eigenvalue weighted by molar-refractivity contribution is -0.142. The second kappa shape index (κ2) is 11.6. The van der Waals surface area contributed by atoms with E-state index in [-0.39, 0.29) is 17.7 Å². The summed E-state index contributed by atoms with van der Waals surface area (Å²) in [5.41, 5.74) is 2.04. The maximum atomic E-state index is 12.9. The molecule has 4 aromatic rings. The molecule has 0 aliphatic rings. The zero-order valence-corrected chi connectivity index (χ0v) is 20.5. The third-order valence-corrected chi connectivity index (χ3v) is 6.09. The number of phenolic OH excluding ortho intramolecular Hbond substituents is 1. The Bertz CT molecular complexity index is 1350. The van der Waals surface area contributed by atoms with Crippen LogP contribution in [-0.4, -0.2) is 36.7 Å². The van der Waals surface area contributed by atoms with Crippen LogP contribution in [0.3, 0.4) is 0 Å². The van der Waals surface area contributed by atoms with Crippen LogP contribution in [0.25, 0.3) is 10.8 Å². The largest absolute Gasteiger partial charge is 0.507 e. The summed E-state index contributed by atoms with van der Waals surface area (Å²) < 4.78 is 10.7. The van der Waals surface area contributed by atoms with Crippen LogP contribution in [0.15, 0.2) is 84.9 Å². The van der Waals surface area contributed by atoms with Gasteiger partial charge in [-0.2, -0.15) is 0 Å². The molecule has 0 unspecified atom stereocenters. The van der Waals surface area contributed by atoms with E-state index in [1.165, 1.54) is 13.2 Å². The molecule has 0 spiro atoms. The Morgan fingerprint density at radius 3 is 2.22 bits per heavy atom. The van der Waals surface area contributed by atoms with E-state index in [1.54, 1.807) is 6.07 Å². The van der Waals surface area contributed by atoms with Crippen LogP contribution in [0, 0.1) is 0 Å². The molecular weight excluding hydrogens is 478 g/mol. The van der Waals surface area contributed by atoms with E-state index in [9.17, 15) is 14.7 Å². The molecule has 36 heavy (non-hydrogen) atoms. The number of carbonyl (C=O) groups is 2. The third-order valence-electron chi connectivity index (χ3n) is 5.84. The summed E-state index contributed by atoms with van der Waals surface area (Å²) >= 11 is 5.91. The summed E-state index contributed by atoms with van der Waals surface area (Å²) in [6.07, 6.45) is 0.967. The quantitative estimate of drug-likeness (QED) is 0.301. The zero-order chi connectivity index (χ0) is 25.5. The molecule has 1 amide bonds.